The Hall–Kier alpha value is -2.72. The molecule has 3 aromatic rings. The Kier molecular flexibility index (Phi) is 6.10. The minimum absolute atomic E-state index is 0.0555. The molecule has 1 saturated heterocycles. The Balaban J connectivity index is 1.35. The lowest BCUT2D eigenvalue weighted by molar-refractivity contribution is -0.137. The molecule has 3 heterocycles. The van der Waals surface area contributed by atoms with Crippen LogP contribution in [0.2, 0.25) is 5.02 Å². The van der Waals surface area contributed by atoms with Crippen LogP contribution in [0.25, 0.3) is 11.4 Å². The van der Waals surface area contributed by atoms with Gasteiger partial charge in [-0.05, 0) is 18.9 Å². The summed E-state index contributed by atoms with van der Waals surface area (Å²) in [6, 6.07) is 10.3. The van der Waals surface area contributed by atoms with Gasteiger partial charge in [0.2, 0.25) is 11.0 Å². The predicted octanol–water partition coefficient (Wildman–Crippen LogP) is 5.13. The standard InChI is InChI=1S/C20H17ClF3N5OS/c21-15-10-14(20(22,23)24)11-25-17(15)29-8-6-13(7-9-29)18(30)27-19-26-16(28-31-19)12-4-2-1-3-5-12/h1-5,10-11,13H,6-9H2,(H,26,27,28,30). The first-order valence-corrected chi connectivity index (χ1v) is 10.6. The van der Waals surface area contributed by atoms with E-state index in [0.717, 1.165) is 29.4 Å². The van der Waals surface area contributed by atoms with Crippen molar-refractivity contribution in [1.82, 2.24) is 14.3 Å². The Morgan fingerprint density at radius 1 is 1.19 bits per heavy atom. The first kappa shape index (κ1) is 21.5. The molecule has 6 nitrogen and oxygen atoms in total. The Labute approximate surface area is 185 Å². The summed E-state index contributed by atoms with van der Waals surface area (Å²) in [4.78, 5) is 22.7. The normalized spacial score (nSPS) is 15.2. The van der Waals surface area contributed by atoms with Gasteiger partial charge in [-0.1, -0.05) is 41.9 Å². The van der Waals surface area contributed by atoms with Gasteiger partial charge < -0.3 is 10.2 Å². The van der Waals surface area contributed by atoms with Crippen molar-refractivity contribution < 1.29 is 18.0 Å². The van der Waals surface area contributed by atoms with Crippen molar-refractivity contribution in [3.8, 4) is 11.4 Å². The van der Waals surface area contributed by atoms with E-state index >= 15 is 0 Å². The zero-order chi connectivity index (χ0) is 22.0. The molecular formula is C20H17ClF3N5OS. The van der Waals surface area contributed by atoms with Gasteiger partial charge in [0, 0.05) is 42.3 Å². The number of piperidine rings is 1. The number of pyridine rings is 1. The quantitative estimate of drug-likeness (QED) is 0.576. The minimum atomic E-state index is -4.49. The fourth-order valence-corrected chi connectivity index (χ4v) is 4.24. The number of halogens is 4. The summed E-state index contributed by atoms with van der Waals surface area (Å²) < 4.78 is 42.7. The van der Waals surface area contributed by atoms with Crippen molar-refractivity contribution in [2.45, 2.75) is 19.0 Å². The number of nitrogens with one attached hydrogen (secondary N) is 1. The second-order valence-electron chi connectivity index (χ2n) is 7.07. The molecule has 31 heavy (non-hydrogen) atoms. The van der Waals surface area contributed by atoms with Gasteiger partial charge in [0.05, 0.1) is 10.6 Å². The third-order valence-electron chi connectivity index (χ3n) is 5.00. The topological polar surface area (TPSA) is 71.0 Å². The van der Waals surface area contributed by atoms with Gasteiger partial charge >= 0.3 is 6.18 Å². The number of anilines is 2. The zero-order valence-corrected chi connectivity index (χ0v) is 17.6. The van der Waals surface area contributed by atoms with Crippen LogP contribution in [0.4, 0.5) is 24.1 Å². The molecule has 0 saturated carbocycles. The fourth-order valence-electron chi connectivity index (χ4n) is 3.36. The number of carbonyl (C=O) groups excluding carboxylic acids is 1. The van der Waals surface area contributed by atoms with Crippen LogP contribution in [0.5, 0.6) is 0 Å². The highest BCUT2D eigenvalue weighted by Crippen LogP contribution is 2.34. The lowest BCUT2D eigenvalue weighted by Crippen LogP contribution is -2.38. The van der Waals surface area contributed by atoms with Crippen LogP contribution in [0.1, 0.15) is 18.4 Å². The number of aromatic nitrogens is 3. The van der Waals surface area contributed by atoms with Crippen LogP contribution in [0.3, 0.4) is 0 Å². The molecule has 1 aliphatic rings. The van der Waals surface area contributed by atoms with E-state index in [1.165, 1.54) is 0 Å². The molecule has 2 aromatic heterocycles. The molecule has 162 valence electrons. The summed E-state index contributed by atoms with van der Waals surface area (Å²) in [5.74, 6) is 0.458. The highest BCUT2D eigenvalue weighted by molar-refractivity contribution is 7.10. The molecule has 1 fully saturated rings. The van der Waals surface area contributed by atoms with Crippen LogP contribution in [-0.2, 0) is 11.0 Å². The highest BCUT2D eigenvalue weighted by atomic mass is 35.5. The van der Waals surface area contributed by atoms with Crippen molar-refractivity contribution >= 4 is 40.0 Å². The van der Waals surface area contributed by atoms with E-state index in [0.29, 0.717) is 42.7 Å². The van der Waals surface area contributed by atoms with E-state index in [2.05, 4.69) is 19.7 Å². The molecule has 0 atom stereocenters. The average Bonchev–Trinajstić information content (AvgIpc) is 3.22. The van der Waals surface area contributed by atoms with Crippen molar-refractivity contribution in [1.29, 1.82) is 0 Å². The van der Waals surface area contributed by atoms with Crippen molar-refractivity contribution in [2.75, 3.05) is 23.3 Å². The molecule has 0 bridgehead atoms. The SMILES string of the molecule is O=C(Nc1nc(-c2ccccc2)ns1)C1CCN(c2ncc(C(F)(F)F)cc2Cl)CC1. The largest absolute Gasteiger partial charge is 0.417 e. The van der Waals surface area contributed by atoms with Gasteiger partial charge in [0.15, 0.2) is 5.82 Å². The maximum absolute atomic E-state index is 12.8. The van der Waals surface area contributed by atoms with Crippen LogP contribution in [0.15, 0.2) is 42.6 Å². The maximum atomic E-state index is 12.8. The van der Waals surface area contributed by atoms with Crippen LogP contribution < -0.4 is 10.2 Å². The summed E-state index contributed by atoms with van der Waals surface area (Å²) in [6.07, 6.45) is -2.67. The fraction of sp³-hybridized carbons (Fsp3) is 0.300. The number of amides is 1. The van der Waals surface area contributed by atoms with E-state index in [1.807, 2.05) is 30.3 Å². The lowest BCUT2D eigenvalue weighted by atomic mass is 9.96. The van der Waals surface area contributed by atoms with Crippen molar-refractivity contribution in [2.24, 2.45) is 5.92 Å². The number of hydrogen-bond acceptors (Lipinski definition) is 6. The third kappa shape index (κ3) is 4.96. The van der Waals surface area contributed by atoms with E-state index in [1.54, 1.807) is 4.90 Å². The van der Waals surface area contributed by atoms with Crippen LogP contribution in [-0.4, -0.2) is 33.3 Å². The van der Waals surface area contributed by atoms with Gasteiger partial charge in [-0.2, -0.15) is 22.5 Å². The molecule has 11 heteroatoms. The van der Waals surface area contributed by atoms with Crippen LogP contribution in [0, 0.1) is 5.92 Å². The Bertz CT molecular complexity index is 1070. The molecule has 4 rings (SSSR count). The summed E-state index contributed by atoms with van der Waals surface area (Å²) in [6.45, 7) is 0.920. The first-order valence-electron chi connectivity index (χ1n) is 9.49. The summed E-state index contributed by atoms with van der Waals surface area (Å²) in [5.41, 5.74) is -0.0177. The molecule has 0 spiro atoms. The highest BCUT2D eigenvalue weighted by Gasteiger charge is 2.33. The summed E-state index contributed by atoms with van der Waals surface area (Å²) >= 11 is 7.15. The zero-order valence-electron chi connectivity index (χ0n) is 16.1. The van der Waals surface area contributed by atoms with Gasteiger partial charge in [-0.25, -0.2) is 4.98 Å². The second kappa shape index (κ2) is 8.80. The number of alkyl halides is 3. The predicted molar refractivity (Wildman–Crippen MR) is 113 cm³/mol. The van der Waals surface area contributed by atoms with E-state index in [4.69, 9.17) is 11.6 Å². The number of carbonyl (C=O) groups is 1. The summed E-state index contributed by atoms with van der Waals surface area (Å²) in [5, 5.41) is 3.19. The second-order valence-corrected chi connectivity index (χ2v) is 8.23. The van der Waals surface area contributed by atoms with Crippen molar-refractivity contribution in [3.05, 3.63) is 53.2 Å². The van der Waals surface area contributed by atoms with E-state index in [9.17, 15) is 18.0 Å². The van der Waals surface area contributed by atoms with Gasteiger partial charge in [0.25, 0.3) is 0 Å². The average molecular weight is 468 g/mol. The number of hydrogen-bond donors (Lipinski definition) is 1. The molecule has 1 aromatic carbocycles. The lowest BCUT2D eigenvalue weighted by Gasteiger charge is -2.32. The van der Waals surface area contributed by atoms with Gasteiger partial charge in [-0.3, -0.25) is 4.79 Å². The maximum Gasteiger partial charge on any atom is 0.417 e. The molecule has 1 aliphatic heterocycles. The third-order valence-corrected chi connectivity index (χ3v) is 5.91. The molecule has 0 aliphatic carbocycles. The summed E-state index contributed by atoms with van der Waals surface area (Å²) in [7, 11) is 0. The molecule has 1 N–H and O–H groups in total. The number of benzene rings is 1. The Morgan fingerprint density at radius 3 is 2.55 bits per heavy atom. The van der Waals surface area contributed by atoms with E-state index in [-0.39, 0.29) is 16.8 Å². The smallest absolute Gasteiger partial charge is 0.355 e. The van der Waals surface area contributed by atoms with Gasteiger partial charge in [0.1, 0.15) is 5.82 Å². The molecular weight excluding hydrogens is 451 g/mol. The minimum Gasteiger partial charge on any atom is -0.355 e. The van der Waals surface area contributed by atoms with Crippen LogP contribution >= 0.6 is 23.1 Å². The first-order chi connectivity index (χ1) is 14.8. The molecule has 0 unspecified atom stereocenters. The Morgan fingerprint density at radius 2 is 1.90 bits per heavy atom. The monoisotopic (exact) mass is 467 g/mol. The van der Waals surface area contributed by atoms with Crippen molar-refractivity contribution in [3.63, 3.8) is 0 Å². The molecule has 1 amide bonds. The molecule has 0 radical (unpaired) electrons. The number of nitrogens with zero attached hydrogens (tertiary/aromatic N) is 4. The van der Waals surface area contributed by atoms with E-state index < -0.39 is 11.7 Å². The number of rotatable bonds is 4. The van der Waals surface area contributed by atoms with Gasteiger partial charge in [-0.15, -0.1) is 0 Å².